The first-order valence-electron chi connectivity index (χ1n) is 8.09. The summed E-state index contributed by atoms with van der Waals surface area (Å²) in [5, 5.41) is 8.45. The average Bonchev–Trinajstić information content (AvgIpc) is 3.22. The van der Waals surface area contributed by atoms with Gasteiger partial charge in [-0.3, -0.25) is 4.40 Å². The maximum absolute atomic E-state index is 13.6. The van der Waals surface area contributed by atoms with Gasteiger partial charge in [-0.25, -0.2) is 13.8 Å². The molecule has 5 nitrogen and oxygen atoms in total. The molecule has 132 valence electrons. The highest BCUT2D eigenvalue weighted by molar-refractivity contribution is 5.76. The number of rotatable bonds is 2. The normalized spacial score (nSPS) is 12.0. The third-order valence-corrected chi connectivity index (χ3v) is 4.10. The maximum Gasteiger partial charge on any atom is 0.182 e. The second-order valence-electron chi connectivity index (χ2n) is 7.08. The fourth-order valence-corrected chi connectivity index (χ4v) is 2.84. The van der Waals surface area contributed by atoms with Crippen LogP contribution in [0.1, 0.15) is 26.6 Å². The molecule has 0 unspecified atom stereocenters. The molecule has 3 heterocycles. The Labute approximate surface area is 148 Å². The Bertz CT molecular complexity index is 1110. The van der Waals surface area contributed by atoms with Crippen LogP contribution in [0, 0.1) is 11.6 Å². The number of halogens is 2. The molecule has 0 aliphatic heterocycles. The molecule has 0 atom stereocenters. The van der Waals surface area contributed by atoms with Gasteiger partial charge in [0, 0.05) is 22.7 Å². The Balaban J connectivity index is 1.87. The van der Waals surface area contributed by atoms with Crippen molar-refractivity contribution in [3.05, 3.63) is 60.4 Å². The predicted octanol–water partition coefficient (Wildman–Crippen LogP) is 4.63. The van der Waals surface area contributed by atoms with Crippen LogP contribution in [-0.4, -0.2) is 19.6 Å². The Morgan fingerprint density at radius 2 is 1.73 bits per heavy atom. The number of hydrogen-bond acceptors (Lipinski definition) is 4. The Morgan fingerprint density at radius 1 is 0.962 bits per heavy atom. The monoisotopic (exact) mass is 354 g/mol. The van der Waals surface area contributed by atoms with Crippen LogP contribution in [0.5, 0.6) is 0 Å². The Kier molecular flexibility index (Phi) is 3.61. The average molecular weight is 354 g/mol. The van der Waals surface area contributed by atoms with Crippen LogP contribution < -0.4 is 0 Å². The van der Waals surface area contributed by atoms with Crippen LogP contribution in [0.2, 0.25) is 0 Å². The van der Waals surface area contributed by atoms with Crippen LogP contribution in [-0.2, 0) is 5.41 Å². The van der Waals surface area contributed by atoms with Gasteiger partial charge >= 0.3 is 0 Å². The van der Waals surface area contributed by atoms with Crippen molar-refractivity contribution in [3.8, 4) is 22.6 Å². The van der Waals surface area contributed by atoms with Gasteiger partial charge in [-0.15, -0.1) is 10.2 Å². The van der Waals surface area contributed by atoms with Gasteiger partial charge in [-0.2, -0.15) is 0 Å². The van der Waals surface area contributed by atoms with Gasteiger partial charge in [0.2, 0.25) is 0 Å². The number of benzene rings is 1. The number of aromatic nitrogens is 4. The van der Waals surface area contributed by atoms with Crippen molar-refractivity contribution >= 4 is 5.65 Å². The quantitative estimate of drug-likeness (QED) is 0.527. The van der Waals surface area contributed by atoms with Crippen molar-refractivity contribution in [3.63, 3.8) is 0 Å². The van der Waals surface area contributed by atoms with E-state index in [1.165, 1.54) is 12.5 Å². The van der Waals surface area contributed by atoms with Crippen molar-refractivity contribution in [1.29, 1.82) is 0 Å². The first-order chi connectivity index (χ1) is 12.3. The fraction of sp³-hybridized carbons (Fsp3) is 0.211. The summed E-state index contributed by atoms with van der Waals surface area (Å²) in [6, 6.07) is 7.31. The minimum Gasteiger partial charge on any atom is -0.443 e. The van der Waals surface area contributed by atoms with Gasteiger partial charge in [0.15, 0.2) is 29.4 Å². The summed E-state index contributed by atoms with van der Waals surface area (Å²) in [4.78, 5) is 4.18. The van der Waals surface area contributed by atoms with Gasteiger partial charge in [-0.05, 0) is 30.3 Å². The lowest BCUT2D eigenvalue weighted by atomic mass is 9.96. The third-order valence-electron chi connectivity index (χ3n) is 4.10. The van der Waals surface area contributed by atoms with E-state index in [0.717, 1.165) is 23.5 Å². The molecular weight excluding hydrogens is 338 g/mol. The largest absolute Gasteiger partial charge is 0.443 e. The maximum atomic E-state index is 13.6. The van der Waals surface area contributed by atoms with E-state index in [1.54, 1.807) is 0 Å². The molecule has 0 aliphatic carbocycles. The van der Waals surface area contributed by atoms with Gasteiger partial charge < -0.3 is 4.42 Å². The minimum atomic E-state index is -0.930. The molecule has 0 saturated heterocycles. The Hall–Kier alpha value is -3.09. The standard InChI is InChI=1S/C19H16F2N4O/c1-19(2,3)18-24-23-15-7-5-12(9-25(15)18)17-16(22-10-26-17)11-4-6-13(20)14(21)8-11/h4-10H,1-3H3. The lowest BCUT2D eigenvalue weighted by molar-refractivity contribution is 0.509. The van der Waals surface area contributed by atoms with E-state index in [0.29, 0.717) is 22.7 Å². The summed E-state index contributed by atoms with van der Waals surface area (Å²) < 4.78 is 34.3. The molecule has 7 heteroatoms. The first-order valence-corrected chi connectivity index (χ1v) is 8.09. The summed E-state index contributed by atoms with van der Waals surface area (Å²) in [7, 11) is 0. The minimum absolute atomic E-state index is 0.192. The van der Waals surface area contributed by atoms with Crippen LogP contribution in [0.3, 0.4) is 0 Å². The number of pyridine rings is 1. The lowest BCUT2D eigenvalue weighted by Gasteiger charge is -2.15. The number of oxazole rings is 1. The number of fused-ring (bicyclic) bond motifs is 1. The lowest BCUT2D eigenvalue weighted by Crippen LogP contribution is -2.15. The van der Waals surface area contributed by atoms with E-state index in [1.807, 2.05) is 22.7 Å². The number of nitrogens with zero attached hydrogens (tertiary/aromatic N) is 4. The van der Waals surface area contributed by atoms with E-state index in [9.17, 15) is 8.78 Å². The summed E-state index contributed by atoms with van der Waals surface area (Å²) >= 11 is 0. The van der Waals surface area contributed by atoms with Gasteiger partial charge in [0.25, 0.3) is 0 Å². The molecule has 0 N–H and O–H groups in total. The topological polar surface area (TPSA) is 56.2 Å². The Morgan fingerprint density at radius 3 is 2.46 bits per heavy atom. The molecule has 4 aromatic rings. The first kappa shape index (κ1) is 16.4. The summed E-state index contributed by atoms with van der Waals surface area (Å²) in [6.07, 6.45) is 3.15. The third kappa shape index (κ3) is 2.65. The van der Waals surface area contributed by atoms with Crippen LogP contribution in [0.25, 0.3) is 28.2 Å². The van der Waals surface area contributed by atoms with Gasteiger partial charge in [0.05, 0.1) is 0 Å². The molecule has 0 bridgehead atoms. The molecule has 0 radical (unpaired) electrons. The molecule has 0 spiro atoms. The number of hydrogen-bond donors (Lipinski definition) is 0. The van der Waals surface area contributed by atoms with Gasteiger partial charge in [0.1, 0.15) is 11.5 Å². The van der Waals surface area contributed by atoms with Crippen LogP contribution in [0.4, 0.5) is 8.78 Å². The van der Waals surface area contributed by atoms with E-state index in [-0.39, 0.29) is 5.41 Å². The molecule has 0 saturated carbocycles. The van der Waals surface area contributed by atoms with Crippen molar-refractivity contribution in [2.24, 2.45) is 0 Å². The van der Waals surface area contributed by atoms with E-state index >= 15 is 0 Å². The molecule has 26 heavy (non-hydrogen) atoms. The molecular formula is C19H16F2N4O. The van der Waals surface area contributed by atoms with Crippen LogP contribution >= 0.6 is 0 Å². The van der Waals surface area contributed by atoms with Crippen LogP contribution in [0.15, 0.2) is 47.3 Å². The molecule has 0 amide bonds. The highest BCUT2D eigenvalue weighted by atomic mass is 19.2. The smallest absolute Gasteiger partial charge is 0.182 e. The molecule has 3 aromatic heterocycles. The second-order valence-corrected chi connectivity index (χ2v) is 7.08. The summed E-state index contributed by atoms with van der Waals surface area (Å²) in [5.74, 6) is -0.560. The molecule has 0 fully saturated rings. The molecule has 0 aliphatic rings. The van der Waals surface area contributed by atoms with Crippen molar-refractivity contribution in [1.82, 2.24) is 19.6 Å². The van der Waals surface area contributed by atoms with E-state index in [2.05, 4.69) is 36.0 Å². The summed E-state index contributed by atoms with van der Waals surface area (Å²) in [5.41, 5.74) is 2.14. The van der Waals surface area contributed by atoms with Crippen molar-refractivity contribution in [2.45, 2.75) is 26.2 Å². The molecule has 4 rings (SSSR count). The zero-order valence-corrected chi connectivity index (χ0v) is 14.5. The predicted molar refractivity (Wildman–Crippen MR) is 92.5 cm³/mol. The molecule has 1 aromatic carbocycles. The second kappa shape index (κ2) is 5.72. The fourth-order valence-electron chi connectivity index (χ4n) is 2.84. The van der Waals surface area contributed by atoms with Crippen molar-refractivity contribution in [2.75, 3.05) is 0 Å². The van der Waals surface area contributed by atoms with Gasteiger partial charge in [-0.1, -0.05) is 20.8 Å². The van der Waals surface area contributed by atoms with Crippen molar-refractivity contribution < 1.29 is 13.2 Å². The highest BCUT2D eigenvalue weighted by Crippen LogP contribution is 2.32. The summed E-state index contributed by atoms with van der Waals surface area (Å²) in [6.45, 7) is 6.16. The van der Waals surface area contributed by atoms with E-state index in [4.69, 9.17) is 4.42 Å². The zero-order valence-electron chi connectivity index (χ0n) is 14.5. The van der Waals surface area contributed by atoms with E-state index < -0.39 is 11.6 Å². The zero-order chi connectivity index (χ0) is 18.5. The SMILES string of the molecule is CC(C)(C)c1nnc2ccc(-c3ocnc3-c3ccc(F)c(F)c3)cn12. The highest BCUT2D eigenvalue weighted by Gasteiger charge is 2.22.